The van der Waals surface area contributed by atoms with Crippen molar-refractivity contribution in [1.29, 1.82) is 0 Å². The first-order valence-electron chi connectivity index (χ1n) is 5.74. The van der Waals surface area contributed by atoms with Gasteiger partial charge in [0.05, 0.1) is 10.7 Å². The molecule has 2 rings (SSSR count). The molecule has 16 heavy (non-hydrogen) atoms. The number of aromatic nitrogens is 1. The van der Waals surface area contributed by atoms with E-state index in [1.54, 1.807) is 0 Å². The van der Waals surface area contributed by atoms with Crippen molar-refractivity contribution >= 4 is 17.4 Å². The summed E-state index contributed by atoms with van der Waals surface area (Å²) in [6, 6.07) is 4.42. The van der Waals surface area contributed by atoms with E-state index in [0.717, 1.165) is 24.0 Å². The quantitative estimate of drug-likeness (QED) is 0.862. The highest BCUT2D eigenvalue weighted by molar-refractivity contribution is 6.31. The van der Waals surface area contributed by atoms with Crippen LogP contribution in [0.15, 0.2) is 12.1 Å². The summed E-state index contributed by atoms with van der Waals surface area (Å²) < 4.78 is 0. The second-order valence-electron chi connectivity index (χ2n) is 4.64. The van der Waals surface area contributed by atoms with E-state index in [2.05, 4.69) is 23.7 Å². The zero-order chi connectivity index (χ0) is 11.7. The highest BCUT2D eigenvalue weighted by Crippen LogP contribution is 2.28. The molecule has 2 heterocycles. The maximum Gasteiger partial charge on any atom is 0.129 e. The van der Waals surface area contributed by atoms with Gasteiger partial charge < -0.3 is 10.6 Å². The molecule has 1 fully saturated rings. The third-order valence-electron chi connectivity index (χ3n) is 3.18. The second kappa shape index (κ2) is 4.60. The molecule has 1 saturated heterocycles. The van der Waals surface area contributed by atoms with E-state index in [0.29, 0.717) is 17.6 Å². The van der Waals surface area contributed by atoms with E-state index in [-0.39, 0.29) is 0 Å². The molecule has 3 nitrogen and oxygen atoms in total. The number of rotatable bonds is 2. The number of anilines is 1. The van der Waals surface area contributed by atoms with Crippen molar-refractivity contribution in [2.24, 2.45) is 11.7 Å². The van der Waals surface area contributed by atoms with Crippen molar-refractivity contribution in [3.05, 3.63) is 22.8 Å². The molecule has 0 amide bonds. The van der Waals surface area contributed by atoms with Crippen LogP contribution in [-0.4, -0.2) is 17.6 Å². The largest absolute Gasteiger partial charge is 0.354 e. The number of hydrogen-bond acceptors (Lipinski definition) is 3. The van der Waals surface area contributed by atoms with Crippen LogP contribution in [0.5, 0.6) is 0 Å². The molecular formula is C12H18ClN3. The molecule has 0 radical (unpaired) electrons. The molecule has 2 atom stereocenters. The Balaban J connectivity index is 2.27. The van der Waals surface area contributed by atoms with Gasteiger partial charge in [0.2, 0.25) is 0 Å². The molecular weight excluding hydrogens is 222 g/mol. The van der Waals surface area contributed by atoms with Gasteiger partial charge in [-0.3, -0.25) is 0 Å². The summed E-state index contributed by atoms with van der Waals surface area (Å²) in [6.07, 6.45) is 1.22. The van der Waals surface area contributed by atoms with Gasteiger partial charge in [0.1, 0.15) is 5.82 Å². The van der Waals surface area contributed by atoms with Crippen LogP contribution in [-0.2, 0) is 6.54 Å². The SMILES string of the molecule is CC1CC(C)N(c2ccc(Cl)c(CN)n2)C1. The lowest BCUT2D eigenvalue weighted by molar-refractivity contribution is 0.625. The van der Waals surface area contributed by atoms with E-state index in [1.807, 2.05) is 12.1 Å². The first-order chi connectivity index (χ1) is 7.61. The summed E-state index contributed by atoms with van der Waals surface area (Å²) in [6.45, 7) is 5.97. The van der Waals surface area contributed by atoms with Crippen molar-refractivity contribution < 1.29 is 0 Å². The molecule has 88 valence electrons. The Morgan fingerprint density at radius 2 is 2.25 bits per heavy atom. The van der Waals surface area contributed by atoms with Crippen LogP contribution in [0.1, 0.15) is 26.0 Å². The average molecular weight is 240 g/mol. The van der Waals surface area contributed by atoms with Crippen LogP contribution < -0.4 is 10.6 Å². The Kier molecular flexibility index (Phi) is 3.36. The van der Waals surface area contributed by atoms with Crippen molar-refractivity contribution in [1.82, 2.24) is 4.98 Å². The van der Waals surface area contributed by atoms with Crippen molar-refractivity contribution in [3.8, 4) is 0 Å². The Hall–Kier alpha value is -0.800. The molecule has 1 aliphatic heterocycles. The molecule has 0 spiro atoms. The maximum absolute atomic E-state index is 6.01. The second-order valence-corrected chi connectivity index (χ2v) is 5.05. The number of hydrogen-bond donors (Lipinski definition) is 1. The third-order valence-corrected chi connectivity index (χ3v) is 3.52. The lowest BCUT2D eigenvalue weighted by Gasteiger charge is -2.23. The van der Waals surface area contributed by atoms with Crippen LogP contribution in [0.25, 0.3) is 0 Å². The number of halogens is 1. The van der Waals surface area contributed by atoms with Gasteiger partial charge >= 0.3 is 0 Å². The van der Waals surface area contributed by atoms with E-state index >= 15 is 0 Å². The molecule has 0 bridgehead atoms. The molecule has 0 aromatic carbocycles. The van der Waals surface area contributed by atoms with E-state index in [9.17, 15) is 0 Å². The zero-order valence-corrected chi connectivity index (χ0v) is 10.5. The maximum atomic E-state index is 6.01. The molecule has 2 unspecified atom stereocenters. The zero-order valence-electron chi connectivity index (χ0n) is 9.78. The smallest absolute Gasteiger partial charge is 0.129 e. The number of nitrogens with zero attached hydrogens (tertiary/aromatic N) is 2. The van der Waals surface area contributed by atoms with Crippen molar-refractivity contribution in [2.45, 2.75) is 32.9 Å². The summed E-state index contributed by atoms with van der Waals surface area (Å²) in [7, 11) is 0. The minimum Gasteiger partial charge on any atom is -0.354 e. The van der Waals surface area contributed by atoms with E-state index in [4.69, 9.17) is 17.3 Å². The Bertz CT molecular complexity index is 381. The monoisotopic (exact) mass is 239 g/mol. The van der Waals surface area contributed by atoms with Crippen molar-refractivity contribution in [2.75, 3.05) is 11.4 Å². The molecule has 1 aromatic heterocycles. The van der Waals surface area contributed by atoms with Gasteiger partial charge in [-0.05, 0) is 31.4 Å². The van der Waals surface area contributed by atoms with E-state index < -0.39 is 0 Å². The van der Waals surface area contributed by atoms with Crippen LogP contribution in [0.4, 0.5) is 5.82 Å². The summed E-state index contributed by atoms with van der Waals surface area (Å²) >= 11 is 6.01. The van der Waals surface area contributed by atoms with Gasteiger partial charge in [-0.25, -0.2) is 4.98 Å². The normalized spacial score (nSPS) is 25.1. The van der Waals surface area contributed by atoms with Crippen LogP contribution in [0, 0.1) is 5.92 Å². The van der Waals surface area contributed by atoms with Gasteiger partial charge in [-0.15, -0.1) is 0 Å². The van der Waals surface area contributed by atoms with Gasteiger partial charge in [-0.1, -0.05) is 18.5 Å². The highest BCUT2D eigenvalue weighted by atomic mass is 35.5. The Morgan fingerprint density at radius 3 is 2.81 bits per heavy atom. The molecule has 4 heteroatoms. The summed E-state index contributed by atoms with van der Waals surface area (Å²) in [5, 5.41) is 0.658. The average Bonchev–Trinajstić information content (AvgIpc) is 2.59. The standard InChI is InChI=1S/C12H18ClN3/c1-8-5-9(2)16(7-8)12-4-3-10(13)11(6-14)15-12/h3-4,8-9H,5-7,14H2,1-2H3. The lowest BCUT2D eigenvalue weighted by atomic mass is 10.1. The van der Waals surface area contributed by atoms with Gasteiger partial charge in [-0.2, -0.15) is 0 Å². The van der Waals surface area contributed by atoms with Gasteiger partial charge in [0.15, 0.2) is 0 Å². The molecule has 0 saturated carbocycles. The highest BCUT2D eigenvalue weighted by Gasteiger charge is 2.27. The Labute approximate surface area is 102 Å². The number of pyridine rings is 1. The fourth-order valence-electron chi connectivity index (χ4n) is 2.40. The lowest BCUT2D eigenvalue weighted by Crippen LogP contribution is -2.27. The fraction of sp³-hybridized carbons (Fsp3) is 0.583. The summed E-state index contributed by atoms with van der Waals surface area (Å²) in [4.78, 5) is 6.86. The first kappa shape index (κ1) is 11.7. The van der Waals surface area contributed by atoms with Crippen LogP contribution in [0.2, 0.25) is 5.02 Å². The molecule has 1 aliphatic rings. The van der Waals surface area contributed by atoms with Crippen LogP contribution >= 0.6 is 11.6 Å². The minimum absolute atomic E-state index is 0.393. The predicted octanol–water partition coefficient (Wildman–Crippen LogP) is 2.43. The minimum atomic E-state index is 0.393. The van der Waals surface area contributed by atoms with Crippen molar-refractivity contribution in [3.63, 3.8) is 0 Å². The molecule has 0 aliphatic carbocycles. The van der Waals surface area contributed by atoms with Gasteiger partial charge in [0, 0.05) is 19.1 Å². The molecule has 2 N–H and O–H groups in total. The fourth-order valence-corrected chi connectivity index (χ4v) is 2.58. The first-order valence-corrected chi connectivity index (χ1v) is 6.11. The summed E-state index contributed by atoms with van der Waals surface area (Å²) in [5.74, 6) is 1.73. The van der Waals surface area contributed by atoms with Crippen LogP contribution in [0.3, 0.4) is 0 Å². The van der Waals surface area contributed by atoms with Gasteiger partial charge in [0.25, 0.3) is 0 Å². The topological polar surface area (TPSA) is 42.1 Å². The predicted molar refractivity (Wildman–Crippen MR) is 67.7 cm³/mol. The third kappa shape index (κ3) is 2.15. The molecule has 1 aromatic rings. The summed E-state index contributed by atoms with van der Waals surface area (Å²) in [5.41, 5.74) is 6.40. The van der Waals surface area contributed by atoms with E-state index in [1.165, 1.54) is 6.42 Å². The Morgan fingerprint density at radius 1 is 1.50 bits per heavy atom. The number of nitrogens with two attached hydrogens (primary N) is 1.